The number of nitrogens with one attached hydrogen (secondary N) is 1. The van der Waals surface area contributed by atoms with E-state index in [1.54, 1.807) is 19.1 Å². The lowest BCUT2D eigenvalue weighted by molar-refractivity contribution is -0.149. The highest BCUT2D eigenvalue weighted by molar-refractivity contribution is 5.88. The molecule has 0 fully saturated rings. The van der Waals surface area contributed by atoms with Crippen molar-refractivity contribution in [1.29, 1.82) is 5.26 Å². The molecule has 2 aromatic rings. The number of fused-ring (bicyclic) bond motifs is 2. The van der Waals surface area contributed by atoms with Crippen LogP contribution in [0.15, 0.2) is 48.5 Å². The summed E-state index contributed by atoms with van der Waals surface area (Å²) in [5.41, 5.74) is 0.354. The van der Waals surface area contributed by atoms with Gasteiger partial charge in [-0.15, -0.1) is 0 Å². The van der Waals surface area contributed by atoms with Crippen LogP contribution in [0.5, 0.6) is 11.5 Å². The molecule has 144 valence electrons. The number of ether oxygens (including phenoxy) is 2. The molecule has 1 aliphatic heterocycles. The number of nitrogens with zero attached hydrogens (tertiary/aromatic N) is 1. The van der Waals surface area contributed by atoms with Crippen LogP contribution in [0.3, 0.4) is 0 Å². The fourth-order valence-corrected chi connectivity index (χ4v) is 3.01. The minimum absolute atomic E-state index is 0.0913. The number of hydrogen-bond acceptors (Lipinski definition) is 5. The van der Waals surface area contributed by atoms with Crippen LogP contribution in [0, 0.1) is 17.2 Å². The highest BCUT2D eigenvalue weighted by Crippen LogP contribution is 2.44. The Balaban J connectivity index is 1.77. The second-order valence-corrected chi connectivity index (χ2v) is 7.24. The van der Waals surface area contributed by atoms with Crippen molar-refractivity contribution in [2.24, 2.45) is 5.92 Å². The fraction of sp³-hybridized carbons (Fsp3) is 0.318. The van der Waals surface area contributed by atoms with Crippen molar-refractivity contribution in [3.8, 4) is 17.6 Å². The number of nitriles is 1. The zero-order valence-electron chi connectivity index (χ0n) is 16.1. The number of amides is 1. The van der Waals surface area contributed by atoms with Crippen molar-refractivity contribution in [2.45, 2.75) is 32.2 Å². The van der Waals surface area contributed by atoms with Gasteiger partial charge in [0, 0.05) is 11.1 Å². The molecule has 0 radical (unpaired) electrons. The van der Waals surface area contributed by atoms with Gasteiger partial charge in [0.2, 0.25) is 0 Å². The topological polar surface area (TPSA) is 88.4 Å². The number of hydrogen-bond donors (Lipinski definition) is 1. The van der Waals surface area contributed by atoms with E-state index < -0.39 is 29.9 Å². The Labute approximate surface area is 164 Å². The second kappa shape index (κ2) is 7.73. The monoisotopic (exact) mass is 378 g/mol. The summed E-state index contributed by atoms with van der Waals surface area (Å²) in [6.07, 6.45) is 0. The summed E-state index contributed by atoms with van der Waals surface area (Å²) in [7, 11) is 0. The first-order chi connectivity index (χ1) is 13.4. The molecule has 1 amide bonds. The summed E-state index contributed by atoms with van der Waals surface area (Å²) < 4.78 is 11.2. The normalized spacial score (nSPS) is 14.7. The van der Waals surface area contributed by atoms with Crippen LogP contribution in [0.4, 0.5) is 0 Å². The summed E-state index contributed by atoms with van der Waals surface area (Å²) in [5.74, 6) is -0.650. The Hall–Kier alpha value is -3.33. The first-order valence-corrected chi connectivity index (χ1v) is 9.10. The Kier molecular flexibility index (Phi) is 5.36. The summed E-state index contributed by atoms with van der Waals surface area (Å²) in [6.45, 7) is 4.86. The lowest BCUT2D eigenvalue weighted by Gasteiger charge is -2.28. The predicted molar refractivity (Wildman–Crippen MR) is 103 cm³/mol. The smallest absolute Gasteiger partial charge is 0.318 e. The van der Waals surface area contributed by atoms with E-state index in [2.05, 4.69) is 11.4 Å². The minimum atomic E-state index is -1.03. The highest BCUT2D eigenvalue weighted by Gasteiger charge is 2.35. The molecule has 0 saturated carbocycles. The van der Waals surface area contributed by atoms with Gasteiger partial charge in [-0.05, 0) is 25.0 Å². The van der Waals surface area contributed by atoms with Crippen LogP contribution >= 0.6 is 0 Å². The Morgan fingerprint density at radius 1 is 1.14 bits per heavy atom. The van der Waals surface area contributed by atoms with Gasteiger partial charge in [-0.25, -0.2) is 0 Å². The summed E-state index contributed by atoms with van der Waals surface area (Å²) in [4.78, 5) is 25.1. The quantitative estimate of drug-likeness (QED) is 0.804. The number of carbonyl (C=O) groups excluding carboxylic acids is 2. The van der Waals surface area contributed by atoms with Gasteiger partial charge in [-0.2, -0.15) is 5.26 Å². The first-order valence-electron chi connectivity index (χ1n) is 9.10. The van der Waals surface area contributed by atoms with E-state index in [4.69, 9.17) is 9.47 Å². The zero-order chi connectivity index (χ0) is 20.3. The maximum absolute atomic E-state index is 12.9. The molecule has 0 unspecified atom stereocenters. The highest BCUT2D eigenvalue weighted by atomic mass is 16.5. The number of benzene rings is 2. The Bertz CT molecular complexity index is 902. The Morgan fingerprint density at radius 2 is 1.68 bits per heavy atom. The maximum atomic E-state index is 12.9. The molecule has 0 saturated heterocycles. The van der Waals surface area contributed by atoms with Gasteiger partial charge >= 0.3 is 5.97 Å². The van der Waals surface area contributed by atoms with E-state index in [-0.39, 0.29) is 5.92 Å². The van der Waals surface area contributed by atoms with E-state index in [0.29, 0.717) is 22.6 Å². The number of carbonyl (C=O) groups is 2. The molecule has 0 spiro atoms. The average Bonchev–Trinajstić information content (AvgIpc) is 2.69. The SMILES string of the molecule is CC(C)[C@@](C)(C#N)NC(=O)COC(=O)C1c2ccccc2Oc2ccccc21. The summed E-state index contributed by atoms with van der Waals surface area (Å²) in [6, 6.07) is 16.6. The standard InChI is InChI=1S/C22H22N2O4/c1-14(2)22(3,13-23)24-19(25)12-27-21(26)20-15-8-4-6-10-17(15)28-18-11-7-5-9-16(18)20/h4-11,14,20H,12H2,1-3H3,(H,24,25)/t22-/m1/s1. The van der Waals surface area contributed by atoms with Crippen molar-refractivity contribution in [3.63, 3.8) is 0 Å². The number of rotatable bonds is 5. The van der Waals surface area contributed by atoms with E-state index in [1.165, 1.54) is 0 Å². The molecule has 1 atom stereocenters. The molecule has 0 aromatic heterocycles. The molecule has 3 rings (SSSR count). The molecule has 6 nitrogen and oxygen atoms in total. The Morgan fingerprint density at radius 3 is 2.18 bits per heavy atom. The average molecular weight is 378 g/mol. The van der Waals surface area contributed by atoms with Crippen molar-refractivity contribution < 1.29 is 19.1 Å². The molecule has 28 heavy (non-hydrogen) atoms. The van der Waals surface area contributed by atoms with Crippen LogP contribution < -0.4 is 10.1 Å². The fourth-order valence-electron chi connectivity index (χ4n) is 3.01. The van der Waals surface area contributed by atoms with Gasteiger partial charge in [0.1, 0.15) is 23.0 Å². The third-order valence-corrected chi connectivity index (χ3v) is 5.05. The minimum Gasteiger partial charge on any atom is -0.457 e. The van der Waals surface area contributed by atoms with Gasteiger partial charge in [-0.3, -0.25) is 9.59 Å². The molecular weight excluding hydrogens is 356 g/mol. The summed E-state index contributed by atoms with van der Waals surface area (Å²) >= 11 is 0. The largest absolute Gasteiger partial charge is 0.457 e. The van der Waals surface area contributed by atoms with Crippen LogP contribution in [0.25, 0.3) is 0 Å². The molecule has 0 bridgehead atoms. The summed E-state index contributed by atoms with van der Waals surface area (Å²) in [5, 5.41) is 12.0. The lowest BCUT2D eigenvalue weighted by atomic mass is 9.88. The first kappa shape index (κ1) is 19.4. The molecule has 6 heteroatoms. The van der Waals surface area contributed by atoms with Crippen LogP contribution in [-0.4, -0.2) is 24.0 Å². The number of para-hydroxylation sites is 2. The van der Waals surface area contributed by atoms with E-state index in [0.717, 1.165) is 0 Å². The van der Waals surface area contributed by atoms with Gasteiger partial charge in [0.05, 0.1) is 6.07 Å². The van der Waals surface area contributed by atoms with Crippen LogP contribution in [0.1, 0.15) is 37.8 Å². The molecule has 0 aliphatic carbocycles. The molecule has 1 aliphatic rings. The van der Waals surface area contributed by atoms with Gasteiger partial charge < -0.3 is 14.8 Å². The predicted octanol–water partition coefficient (Wildman–Crippen LogP) is 3.52. The number of esters is 1. The molecule has 2 aromatic carbocycles. The van der Waals surface area contributed by atoms with Crippen molar-refractivity contribution in [1.82, 2.24) is 5.32 Å². The van der Waals surface area contributed by atoms with Gasteiger partial charge in [0.15, 0.2) is 6.61 Å². The van der Waals surface area contributed by atoms with Crippen molar-refractivity contribution in [2.75, 3.05) is 6.61 Å². The van der Waals surface area contributed by atoms with Crippen molar-refractivity contribution in [3.05, 3.63) is 59.7 Å². The third-order valence-electron chi connectivity index (χ3n) is 5.05. The van der Waals surface area contributed by atoms with E-state index in [9.17, 15) is 14.9 Å². The van der Waals surface area contributed by atoms with Crippen LogP contribution in [0.2, 0.25) is 0 Å². The zero-order valence-corrected chi connectivity index (χ0v) is 16.1. The van der Waals surface area contributed by atoms with E-state index >= 15 is 0 Å². The molecule has 1 N–H and O–H groups in total. The second-order valence-electron chi connectivity index (χ2n) is 7.24. The van der Waals surface area contributed by atoms with Gasteiger partial charge in [0.25, 0.3) is 5.91 Å². The molecule has 1 heterocycles. The maximum Gasteiger partial charge on any atom is 0.318 e. The molecular formula is C22H22N2O4. The van der Waals surface area contributed by atoms with Crippen molar-refractivity contribution >= 4 is 11.9 Å². The lowest BCUT2D eigenvalue weighted by Crippen LogP contribution is -2.50. The van der Waals surface area contributed by atoms with Gasteiger partial charge in [-0.1, -0.05) is 50.2 Å². The van der Waals surface area contributed by atoms with Crippen LogP contribution in [-0.2, 0) is 14.3 Å². The third kappa shape index (κ3) is 3.70. The van der Waals surface area contributed by atoms with E-state index in [1.807, 2.05) is 50.2 Å².